The zero-order chi connectivity index (χ0) is 31.9. The third-order valence-electron chi connectivity index (χ3n) is 8.27. The maximum Gasteiger partial charge on any atom is 0.254 e. The lowest BCUT2D eigenvalue weighted by molar-refractivity contribution is -0.129. The van der Waals surface area contributed by atoms with E-state index >= 15 is 4.39 Å². The number of nitrogens with one attached hydrogen (secondary N) is 1. The fraction of sp³-hybridized carbons (Fsp3) is 0.184. The Labute approximate surface area is 269 Å². The van der Waals surface area contributed by atoms with Crippen molar-refractivity contribution < 1.29 is 22.3 Å². The number of hydrogen-bond donors (Lipinski definition) is 1. The lowest BCUT2D eigenvalue weighted by Gasteiger charge is -2.28. The largest absolute Gasteiger partial charge is 0.363 e. The molecule has 1 N–H and O–H groups in total. The number of benzene rings is 5. The van der Waals surface area contributed by atoms with E-state index in [9.17, 15) is 13.2 Å². The van der Waals surface area contributed by atoms with Crippen LogP contribution in [-0.2, 0) is 32.6 Å². The molecule has 6 rings (SSSR count). The van der Waals surface area contributed by atoms with Crippen LogP contribution in [0.2, 0.25) is 0 Å². The predicted octanol–water partition coefficient (Wildman–Crippen LogP) is 7.19. The first-order valence-corrected chi connectivity index (χ1v) is 16.8. The fourth-order valence-electron chi connectivity index (χ4n) is 5.81. The molecule has 5 aromatic carbocycles. The van der Waals surface area contributed by atoms with Crippen LogP contribution >= 0.6 is 0 Å². The molecule has 1 amide bonds. The highest BCUT2D eigenvalue weighted by molar-refractivity contribution is 7.89. The SMILES string of the molecule is O=C(Nc1cccc(F)c1CCC1CN1S(=O)(=O)c1ccccc1)C(OCc1ccccc1)C(c1ccccc1)c1ccccc1. The van der Waals surface area contributed by atoms with E-state index in [1.165, 1.54) is 10.4 Å². The summed E-state index contributed by atoms with van der Waals surface area (Å²) in [6.07, 6.45) is -0.277. The Kier molecular flexibility index (Phi) is 9.68. The van der Waals surface area contributed by atoms with Crippen molar-refractivity contribution in [1.29, 1.82) is 0 Å². The number of hydrogen-bond acceptors (Lipinski definition) is 4. The number of sulfonamides is 1. The van der Waals surface area contributed by atoms with Gasteiger partial charge in [0.05, 0.1) is 11.5 Å². The van der Waals surface area contributed by atoms with Gasteiger partial charge in [0.1, 0.15) is 11.9 Å². The van der Waals surface area contributed by atoms with E-state index in [4.69, 9.17) is 4.74 Å². The molecule has 1 fully saturated rings. The normalized spacial score (nSPS) is 16.6. The molecule has 3 unspecified atom stereocenters. The molecular weight excluding hydrogens is 599 g/mol. The second kappa shape index (κ2) is 14.2. The first-order chi connectivity index (χ1) is 22.4. The summed E-state index contributed by atoms with van der Waals surface area (Å²) < 4.78 is 49.2. The molecule has 46 heavy (non-hydrogen) atoms. The molecule has 0 aromatic heterocycles. The number of ether oxygens (including phenoxy) is 1. The van der Waals surface area contributed by atoms with E-state index in [-0.39, 0.29) is 24.0 Å². The Balaban J connectivity index is 1.24. The second-order valence-electron chi connectivity index (χ2n) is 11.4. The molecule has 1 saturated heterocycles. The molecule has 0 saturated carbocycles. The van der Waals surface area contributed by atoms with Gasteiger partial charge in [0.15, 0.2) is 0 Å². The van der Waals surface area contributed by atoms with Crippen LogP contribution in [0.15, 0.2) is 144 Å². The van der Waals surface area contributed by atoms with Gasteiger partial charge in [-0.2, -0.15) is 4.31 Å². The van der Waals surface area contributed by atoms with Crippen LogP contribution < -0.4 is 5.32 Å². The zero-order valence-corrected chi connectivity index (χ0v) is 26.0. The molecule has 6 nitrogen and oxygen atoms in total. The zero-order valence-electron chi connectivity index (χ0n) is 25.2. The molecule has 3 atom stereocenters. The van der Waals surface area contributed by atoms with Crippen molar-refractivity contribution in [2.24, 2.45) is 0 Å². The third-order valence-corrected chi connectivity index (χ3v) is 10.2. The highest BCUT2D eigenvalue weighted by Crippen LogP contribution is 2.34. The van der Waals surface area contributed by atoms with Gasteiger partial charge in [-0.1, -0.05) is 115 Å². The van der Waals surface area contributed by atoms with Crippen LogP contribution in [0.5, 0.6) is 0 Å². The van der Waals surface area contributed by atoms with Crippen LogP contribution in [0.3, 0.4) is 0 Å². The first-order valence-electron chi connectivity index (χ1n) is 15.3. The van der Waals surface area contributed by atoms with Gasteiger partial charge < -0.3 is 10.1 Å². The molecule has 0 radical (unpaired) electrons. The summed E-state index contributed by atoms with van der Waals surface area (Å²) in [5.41, 5.74) is 3.42. The maximum atomic E-state index is 15.3. The van der Waals surface area contributed by atoms with Crippen molar-refractivity contribution in [2.75, 3.05) is 11.9 Å². The summed E-state index contributed by atoms with van der Waals surface area (Å²) in [5, 5.41) is 2.98. The number of carbonyl (C=O) groups excluding carboxylic acids is 1. The van der Waals surface area contributed by atoms with Gasteiger partial charge in [0.25, 0.3) is 5.91 Å². The van der Waals surface area contributed by atoms with Crippen molar-refractivity contribution in [1.82, 2.24) is 4.31 Å². The summed E-state index contributed by atoms with van der Waals surface area (Å²) >= 11 is 0. The molecule has 234 valence electrons. The quantitative estimate of drug-likeness (QED) is 0.139. The molecule has 1 aliphatic heterocycles. The number of rotatable bonds is 13. The van der Waals surface area contributed by atoms with Crippen molar-refractivity contribution >= 4 is 21.6 Å². The highest BCUT2D eigenvalue weighted by Gasteiger charge is 2.44. The molecular formula is C38H35FN2O4S. The van der Waals surface area contributed by atoms with E-state index in [0.717, 1.165) is 16.7 Å². The minimum Gasteiger partial charge on any atom is -0.363 e. The van der Waals surface area contributed by atoms with Crippen LogP contribution in [0.4, 0.5) is 10.1 Å². The minimum absolute atomic E-state index is 0.207. The molecule has 1 heterocycles. The average molecular weight is 635 g/mol. The van der Waals surface area contributed by atoms with E-state index in [1.807, 2.05) is 91.0 Å². The molecule has 0 bridgehead atoms. The molecule has 5 aromatic rings. The van der Waals surface area contributed by atoms with E-state index in [1.54, 1.807) is 42.5 Å². The predicted molar refractivity (Wildman–Crippen MR) is 177 cm³/mol. The Morgan fingerprint density at radius 1 is 0.783 bits per heavy atom. The molecule has 0 spiro atoms. The van der Waals surface area contributed by atoms with Gasteiger partial charge >= 0.3 is 0 Å². The minimum atomic E-state index is -3.61. The van der Waals surface area contributed by atoms with E-state index in [0.29, 0.717) is 24.2 Å². The van der Waals surface area contributed by atoms with Gasteiger partial charge in [0, 0.05) is 29.8 Å². The number of carbonyl (C=O) groups is 1. The Hall–Kier alpha value is -4.63. The van der Waals surface area contributed by atoms with Crippen molar-refractivity contribution in [2.45, 2.75) is 42.4 Å². The van der Waals surface area contributed by atoms with Gasteiger partial charge in [0.2, 0.25) is 10.0 Å². The topological polar surface area (TPSA) is 75.5 Å². The van der Waals surface area contributed by atoms with Crippen LogP contribution in [0, 0.1) is 5.82 Å². The number of nitrogens with zero attached hydrogens (tertiary/aromatic N) is 1. The van der Waals surface area contributed by atoms with E-state index < -0.39 is 33.8 Å². The summed E-state index contributed by atoms with van der Waals surface area (Å²) in [4.78, 5) is 14.5. The van der Waals surface area contributed by atoms with Gasteiger partial charge in [-0.05, 0) is 53.8 Å². The summed E-state index contributed by atoms with van der Waals surface area (Å²) in [7, 11) is -3.61. The smallest absolute Gasteiger partial charge is 0.254 e. The number of anilines is 1. The Morgan fingerprint density at radius 2 is 1.35 bits per heavy atom. The standard InChI is InChI=1S/C38H35FN2O4S/c39-34-22-13-23-35(33(34)25-24-31-26-41(31)46(43,44)32-20-11-4-12-21-32)40-38(42)37(45-27-28-14-5-1-6-15-28)36(29-16-7-2-8-17-29)30-18-9-3-10-19-30/h1-23,31,36-37H,24-27H2,(H,40,42). The van der Waals surface area contributed by atoms with Crippen LogP contribution in [0.1, 0.15) is 34.6 Å². The molecule has 0 aliphatic carbocycles. The van der Waals surface area contributed by atoms with Crippen molar-refractivity contribution in [3.63, 3.8) is 0 Å². The van der Waals surface area contributed by atoms with E-state index in [2.05, 4.69) is 5.32 Å². The Bertz CT molecular complexity index is 1820. The lowest BCUT2D eigenvalue weighted by atomic mass is 9.86. The summed E-state index contributed by atoms with van der Waals surface area (Å²) in [5.74, 6) is -1.30. The van der Waals surface area contributed by atoms with Crippen LogP contribution in [0.25, 0.3) is 0 Å². The monoisotopic (exact) mass is 634 g/mol. The number of halogens is 1. The van der Waals surface area contributed by atoms with Gasteiger partial charge in [-0.15, -0.1) is 0 Å². The lowest BCUT2D eigenvalue weighted by Crippen LogP contribution is -2.36. The molecule has 1 aliphatic rings. The van der Waals surface area contributed by atoms with Gasteiger partial charge in [-0.3, -0.25) is 4.79 Å². The Morgan fingerprint density at radius 3 is 1.96 bits per heavy atom. The van der Waals surface area contributed by atoms with Crippen LogP contribution in [-0.4, -0.2) is 37.3 Å². The van der Waals surface area contributed by atoms with Crippen molar-refractivity contribution in [3.05, 3.63) is 168 Å². The van der Waals surface area contributed by atoms with Crippen molar-refractivity contribution in [3.8, 4) is 0 Å². The molecule has 8 heteroatoms. The average Bonchev–Trinajstić information content (AvgIpc) is 3.89. The first kappa shape index (κ1) is 31.4. The second-order valence-corrected chi connectivity index (χ2v) is 13.2. The summed E-state index contributed by atoms with van der Waals surface area (Å²) in [6.45, 7) is 0.580. The van der Waals surface area contributed by atoms with Gasteiger partial charge in [-0.25, -0.2) is 12.8 Å². The summed E-state index contributed by atoms with van der Waals surface area (Å²) in [6, 6.07) is 41.8. The number of amides is 1. The highest BCUT2D eigenvalue weighted by atomic mass is 32.2. The fourth-order valence-corrected chi connectivity index (χ4v) is 7.45. The maximum absolute atomic E-state index is 15.3. The third kappa shape index (κ3) is 7.26.